The van der Waals surface area contributed by atoms with Crippen LogP contribution in [0, 0.1) is 44.3 Å². The molecule has 23 nitrogen and oxygen atoms in total. The molecule has 2 aliphatic rings. The molecule has 0 aromatic carbocycles. The largest absolute Gasteiger partial charge is 0.465 e. The first-order valence-electron chi connectivity index (χ1n) is 27.9. The molecule has 0 heterocycles. The third kappa shape index (κ3) is 28.6. The molecule has 1 N–H and O–H groups in total. The van der Waals surface area contributed by atoms with Crippen molar-refractivity contribution in [1.82, 2.24) is 5.32 Å². The van der Waals surface area contributed by atoms with Crippen molar-refractivity contribution in [3.63, 3.8) is 0 Å². The highest BCUT2D eigenvalue weighted by molar-refractivity contribution is 5.83. The first-order valence-corrected chi connectivity index (χ1v) is 27.9. The molecule has 2 saturated carbocycles. The van der Waals surface area contributed by atoms with Crippen LogP contribution < -0.4 is 5.32 Å². The van der Waals surface area contributed by atoms with Gasteiger partial charge in [-0.25, -0.2) is 43.0 Å². The maximum absolute atomic E-state index is 14.8. The highest BCUT2D eigenvalue weighted by Crippen LogP contribution is 2.53. The third-order valence-corrected chi connectivity index (χ3v) is 14.1. The van der Waals surface area contributed by atoms with E-state index in [9.17, 15) is 83.1 Å². The number of hydrogen-bond donors (Lipinski definition) is 1. The average Bonchev–Trinajstić information content (AvgIpc) is 0.833. The predicted molar refractivity (Wildman–Crippen MR) is 298 cm³/mol. The van der Waals surface area contributed by atoms with Gasteiger partial charge >= 0.3 is 84.3 Å². The Kier molecular flexibility index (Phi) is 29.3. The van der Waals surface area contributed by atoms with Crippen molar-refractivity contribution in [2.45, 2.75) is 124 Å². The van der Waals surface area contributed by atoms with E-state index in [1.54, 1.807) is 27.7 Å². The van der Waals surface area contributed by atoms with Gasteiger partial charge < -0.3 is 52.7 Å². The van der Waals surface area contributed by atoms with Crippen LogP contribution in [0.5, 0.6) is 0 Å². The number of hydrogen-bond acceptors (Lipinski definition) is 22. The monoisotopic (exact) mass is 1320 g/mol. The summed E-state index contributed by atoms with van der Waals surface area (Å²) in [4.78, 5) is 124. The van der Waals surface area contributed by atoms with Gasteiger partial charge in [-0.2, -0.15) is 35.1 Å². The Bertz CT molecular complexity index is 2560. The zero-order chi connectivity index (χ0) is 69.5. The summed E-state index contributed by atoms with van der Waals surface area (Å²) in [6.07, 6.45) is -20.9. The molecule has 1 amide bonds. The zero-order valence-corrected chi connectivity index (χ0v) is 51.5. The number of carbonyl (C=O) groups excluding carboxylic acids is 10. The lowest BCUT2D eigenvalue weighted by molar-refractivity contribution is -0.515. The molecule has 0 spiro atoms. The Morgan fingerprint density at radius 3 is 0.989 bits per heavy atom. The van der Waals surface area contributed by atoms with Crippen LogP contribution in [0.2, 0.25) is 0 Å². The molecule has 91 heavy (non-hydrogen) atoms. The third-order valence-electron chi connectivity index (χ3n) is 14.1. The molecule has 2 aliphatic carbocycles. The van der Waals surface area contributed by atoms with Crippen molar-refractivity contribution in [2.24, 2.45) is 44.3 Å². The van der Waals surface area contributed by atoms with E-state index in [1.165, 1.54) is 13.8 Å². The van der Waals surface area contributed by atoms with E-state index in [-0.39, 0.29) is 38.6 Å². The summed E-state index contributed by atoms with van der Waals surface area (Å²) in [5, 5.41) is 2.52. The summed E-state index contributed by atoms with van der Waals surface area (Å²) < 4.78 is 174. The lowest BCUT2D eigenvalue weighted by atomic mass is 9.59. The second kappa shape index (κ2) is 33.6. The average molecular weight is 1320 g/mol. The molecule has 0 radical (unpaired) electrons. The number of carbonyl (C=O) groups is 10. The fourth-order valence-corrected chi connectivity index (χ4v) is 11.2. The molecule has 0 aliphatic heterocycles. The van der Waals surface area contributed by atoms with Gasteiger partial charge in [-0.15, -0.1) is 0 Å². The Morgan fingerprint density at radius 1 is 0.396 bits per heavy atom. The van der Waals surface area contributed by atoms with E-state index in [0.29, 0.717) is 12.8 Å². The van der Waals surface area contributed by atoms with Crippen LogP contribution in [0.3, 0.4) is 0 Å². The van der Waals surface area contributed by atoms with Gasteiger partial charge in [0.05, 0.1) is 12.8 Å². The summed E-state index contributed by atoms with van der Waals surface area (Å²) in [6.45, 7) is 19.6. The first kappa shape index (κ1) is 79.4. The van der Waals surface area contributed by atoms with Crippen molar-refractivity contribution in [3.05, 3.63) is 75.9 Å². The minimum absolute atomic E-state index is 0.0105. The van der Waals surface area contributed by atoms with Crippen LogP contribution in [0.4, 0.5) is 39.9 Å². The van der Waals surface area contributed by atoms with Gasteiger partial charge in [0.25, 0.3) is 0 Å². The predicted octanol–water partition coefficient (Wildman–Crippen LogP) is 8.93. The molecule has 31 heteroatoms. The molecular formula is C60H79F8NO22. The summed E-state index contributed by atoms with van der Waals surface area (Å²) in [7, 11) is 0. The maximum Gasteiger partial charge on any atom is 0.453 e. The molecule has 0 aromatic rings. The smallest absolute Gasteiger partial charge is 0.453 e. The highest BCUT2D eigenvalue weighted by atomic mass is 19.3. The first-order chi connectivity index (χ1) is 41.9. The lowest BCUT2D eigenvalue weighted by Gasteiger charge is -2.46. The number of ether oxygens (including phenoxy) is 12. The number of rotatable bonds is 39. The summed E-state index contributed by atoms with van der Waals surface area (Å²) >= 11 is 0. The van der Waals surface area contributed by atoms with Gasteiger partial charge in [0.2, 0.25) is 0 Å². The van der Waals surface area contributed by atoms with E-state index < -0.39 is 207 Å². The normalized spacial score (nSPS) is 19.8. The van der Waals surface area contributed by atoms with Crippen LogP contribution in [0.1, 0.15) is 99.3 Å². The number of alkyl halides is 8. The number of nitrogens with one attached hydrogen (secondary N) is 1. The molecule has 0 bridgehead atoms. The van der Waals surface area contributed by atoms with Crippen molar-refractivity contribution < 1.29 is 140 Å². The molecule has 512 valence electrons. The summed E-state index contributed by atoms with van der Waals surface area (Å²) in [6, 6.07) is 0. The molecule has 0 aromatic heterocycles. The SMILES string of the molecule is C=CC(=O)OCC(COC(=O)C=C)(COC(=O)C=C)COC(=O)CC1CC(C)(C)CC(C)(CC(=O)OCC(F)(F)OC(F)(F)C(F)(F)OC(F)(F)COC(=O)CC2(C)CC(CNC(=O)OCC(COC(=O)C=C)(COC(=O)C=C)COC(=O)C=C)CC(C)(C)C2)C1. The van der Waals surface area contributed by atoms with Crippen LogP contribution in [-0.2, 0) is 100.0 Å². The van der Waals surface area contributed by atoms with Crippen LogP contribution in [0.15, 0.2) is 75.9 Å². The Labute approximate surface area is 520 Å². The van der Waals surface area contributed by atoms with E-state index >= 15 is 0 Å². The Hall–Kier alpha value is -7.70. The quantitative estimate of drug-likeness (QED) is 0.0260. The van der Waals surface area contributed by atoms with Gasteiger partial charge in [0, 0.05) is 49.4 Å². The van der Waals surface area contributed by atoms with Crippen molar-refractivity contribution >= 4 is 59.8 Å². The van der Waals surface area contributed by atoms with E-state index in [1.807, 2.05) is 0 Å². The minimum Gasteiger partial charge on any atom is -0.465 e. The van der Waals surface area contributed by atoms with Crippen LogP contribution in [-0.4, -0.2) is 157 Å². The molecule has 4 atom stereocenters. The van der Waals surface area contributed by atoms with E-state index in [4.69, 9.17) is 37.9 Å². The lowest BCUT2D eigenvalue weighted by Crippen LogP contribution is -2.53. The fraction of sp³-hybridized carbons (Fsp3) is 0.633. The second-order valence-electron chi connectivity index (χ2n) is 24.7. The van der Waals surface area contributed by atoms with E-state index in [0.717, 1.165) is 36.5 Å². The van der Waals surface area contributed by atoms with Gasteiger partial charge in [0.15, 0.2) is 13.2 Å². The standard InChI is InChI=1S/C60H79F8NO22/c1-13-41(70)80-29-55(30-81-42(71)14-2,31-82-43(72)15-3)35-86-47(76)19-39-20-51(7,8)27-53(11,22-39)24-48(77)87-37-57(61,62)90-59(65,66)60(67,68)91-58(63,64)38-88-49(78)25-54(12)23-40(21-52(9,10)28-54)26-69-50(79)89-36-56(32-83-44(73)16-4,33-84-45(74)17-5)34-85-46(75)18-6/h13-18,39-40H,1-6,19-38H2,7-12H3,(H,69,79). The number of amides is 1. The Morgan fingerprint density at radius 2 is 0.670 bits per heavy atom. The molecule has 2 rings (SSSR count). The topological polar surface area (TPSA) is 293 Å². The summed E-state index contributed by atoms with van der Waals surface area (Å²) in [5.41, 5.74) is -6.94. The summed E-state index contributed by atoms with van der Waals surface area (Å²) in [5.74, 6) is -10.5. The minimum atomic E-state index is -6.57. The Balaban J connectivity index is 2.07. The van der Waals surface area contributed by atoms with Gasteiger partial charge in [0.1, 0.15) is 63.7 Å². The van der Waals surface area contributed by atoms with Gasteiger partial charge in [-0.3, -0.25) is 14.4 Å². The number of esters is 9. The molecular weight excluding hydrogens is 1240 g/mol. The number of alkyl carbamates (subject to hydrolysis) is 1. The van der Waals surface area contributed by atoms with Gasteiger partial charge in [-0.05, 0) is 72.0 Å². The fourth-order valence-electron chi connectivity index (χ4n) is 11.2. The van der Waals surface area contributed by atoms with Crippen molar-refractivity contribution in [3.8, 4) is 0 Å². The van der Waals surface area contributed by atoms with Crippen LogP contribution in [0.25, 0.3) is 0 Å². The molecule has 4 unspecified atom stereocenters. The zero-order valence-electron chi connectivity index (χ0n) is 51.5. The van der Waals surface area contributed by atoms with Crippen LogP contribution >= 0.6 is 0 Å². The van der Waals surface area contributed by atoms with Gasteiger partial charge in [-0.1, -0.05) is 81.0 Å². The number of halogens is 8. The highest BCUT2D eigenvalue weighted by Gasteiger charge is 2.68. The molecule has 2 fully saturated rings. The second-order valence-corrected chi connectivity index (χ2v) is 24.7. The molecule has 0 saturated heterocycles. The van der Waals surface area contributed by atoms with Crippen molar-refractivity contribution in [2.75, 3.05) is 72.6 Å². The van der Waals surface area contributed by atoms with Crippen molar-refractivity contribution in [1.29, 1.82) is 0 Å². The van der Waals surface area contributed by atoms with E-state index in [2.05, 4.69) is 63.7 Å². The maximum atomic E-state index is 14.8.